The van der Waals surface area contributed by atoms with Crippen LogP contribution in [0, 0.1) is 5.92 Å². The number of urea groups is 1. The highest BCUT2D eigenvalue weighted by atomic mass is 16.5. The molecule has 1 aliphatic heterocycles. The summed E-state index contributed by atoms with van der Waals surface area (Å²) < 4.78 is 5.64. The van der Waals surface area contributed by atoms with Crippen molar-refractivity contribution in [3.8, 4) is 0 Å². The van der Waals surface area contributed by atoms with Gasteiger partial charge in [-0.3, -0.25) is 4.79 Å². The van der Waals surface area contributed by atoms with Gasteiger partial charge >= 0.3 is 12.0 Å². The third-order valence-corrected chi connectivity index (χ3v) is 4.34. The Bertz CT molecular complexity index is 591. The van der Waals surface area contributed by atoms with Gasteiger partial charge in [0, 0.05) is 5.71 Å². The van der Waals surface area contributed by atoms with Gasteiger partial charge in [0.25, 0.3) is 0 Å². The number of rotatable bonds is 3. The van der Waals surface area contributed by atoms with Crippen molar-refractivity contribution in [2.24, 2.45) is 10.9 Å². The SMILES string of the molecule is CC1=NC(=O)NC(c2ccccc2)C1C(=O)OC1CCCC1. The van der Waals surface area contributed by atoms with E-state index in [2.05, 4.69) is 10.3 Å². The van der Waals surface area contributed by atoms with E-state index in [1.807, 2.05) is 30.3 Å². The molecule has 1 aliphatic carbocycles. The Morgan fingerprint density at radius 3 is 2.59 bits per heavy atom. The molecule has 1 aromatic carbocycles. The van der Waals surface area contributed by atoms with E-state index in [-0.39, 0.29) is 12.1 Å². The summed E-state index contributed by atoms with van der Waals surface area (Å²) in [6, 6.07) is 8.67. The molecule has 0 saturated heterocycles. The molecule has 2 aliphatic rings. The summed E-state index contributed by atoms with van der Waals surface area (Å²) in [7, 11) is 0. The van der Waals surface area contributed by atoms with E-state index in [1.54, 1.807) is 6.92 Å². The van der Waals surface area contributed by atoms with Crippen molar-refractivity contribution in [1.29, 1.82) is 0 Å². The molecule has 0 bridgehead atoms. The van der Waals surface area contributed by atoms with Gasteiger partial charge < -0.3 is 10.1 Å². The lowest BCUT2D eigenvalue weighted by Gasteiger charge is -2.30. The molecule has 0 spiro atoms. The van der Waals surface area contributed by atoms with Crippen LogP contribution in [0.1, 0.15) is 44.2 Å². The van der Waals surface area contributed by atoms with Crippen LogP contribution in [0.25, 0.3) is 0 Å². The first kappa shape index (κ1) is 14.8. The van der Waals surface area contributed by atoms with Gasteiger partial charge in [0.15, 0.2) is 0 Å². The lowest BCUT2D eigenvalue weighted by Crippen LogP contribution is -2.44. The van der Waals surface area contributed by atoms with Crippen LogP contribution in [0.5, 0.6) is 0 Å². The van der Waals surface area contributed by atoms with Crippen LogP contribution in [-0.4, -0.2) is 23.8 Å². The quantitative estimate of drug-likeness (QED) is 0.872. The Balaban J connectivity index is 1.84. The fraction of sp³-hybridized carbons (Fsp3) is 0.471. The van der Waals surface area contributed by atoms with E-state index in [1.165, 1.54) is 0 Å². The standard InChI is InChI=1S/C17H20N2O3/c1-11-14(16(20)22-13-9-5-6-10-13)15(19-17(21)18-11)12-7-3-2-4-8-12/h2-4,7-8,13-15H,5-6,9-10H2,1H3,(H,19,21). The van der Waals surface area contributed by atoms with Crippen LogP contribution < -0.4 is 5.32 Å². The van der Waals surface area contributed by atoms with Crippen LogP contribution in [0.15, 0.2) is 35.3 Å². The number of hydrogen-bond acceptors (Lipinski definition) is 3. The van der Waals surface area contributed by atoms with Crippen LogP contribution in [0.3, 0.4) is 0 Å². The Morgan fingerprint density at radius 1 is 1.23 bits per heavy atom. The number of benzene rings is 1. The fourth-order valence-corrected chi connectivity index (χ4v) is 3.21. The molecule has 5 nitrogen and oxygen atoms in total. The van der Waals surface area contributed by atoms with E-state index in [0.29, 0.717) is 5.71 Å². The van der Waals surface area contributed by atoms with Gasteiger partial charge in [0.05, 0.1) is 6.04 Å². The Morgan fingerprint density at radius 2 is 1.91 bits per heavy atom. The molecule has 2 unspecified atom stereocenters. The predicted molar refractivity (Wildman–Crippen MR) is 82.7 cm³/mol. The average molecular weight is 300 g/mol. The van der Waals surface area contributed by atoms with Crippen molar-refractivity contribution in [3.63, 3.8) is 0 Å². The monoisotopic (exact) mass is 300 g/mol. The number of carbonyl (C=O) groups is 2. The molecule has 2 amide bonds. The van der Waals surface area contributed by atoms with Crippen molar-refractivity contribution in [1.82, 2.24) is 5.32 Å². The third-order valence-electron chi connectivity index (χ3n) is 4.34. The first-order valence-electron chi connectivity index (χ1n) is 7.76. The van der Waals surface area contributed by atoms with Crippen LogP contribution >= 0.6 is 0 Å². The molecular weight excluding hydrogens is 280 g/mol. The van der Waals surface area contributed by atoms with Crippen molar-refractivity contribution in [3.05, 3.63) is 35.9 Å². The molecule has 2 atom stereocenters. The third kappa shape index (κ3) is 3.03. The second-order valence-corrected chi connectivity index (χ2v) is 5.91. The van der Waals surface area contributed by atoms with Crippen LogP contribution in [0.2, 0.25) is 0 Å². The normalized spacial score (nSPS) is 25.5. The zero-order valence-electron chi connectivity index (χ0n) is 12.6. The zero-order valence-corrected chi connectivity index (χ0v) is 12.6. The molecule has 116 valence electrons. The Kier molecular flexibility index (Phi) is 4.22. The summed E-state index contributed by atoms with van der Waals surface area (Å²) in [5.74, 6) is -0.845. The number of esters is 1. The molecule has 22 heavy (non-hydrogen) atoms. The van der Waals surface area contributed by atoms with Crippen LogP contribution in [0.4, 0.5) is 4.79 Å². The maximum Gasteiger partial charge on any atom is 0.341 e. The first-order valence-corrected chi connectivity index (χ1v) is 7.76. The molecule has 5 heteroatoms. The molecule has 1 N–H and O–H groups in total. The number of amides is 2. The molecule has 1 fully saturated rings. The first-order chi connectivity index (χ1) is 10.6. The minimum atomic E-state index is -0.555. The fourth-order valence-electron chi connectivity index (χ4n) is 3.21. The van der Waals surface area contributed by atoms with Gasteiger partial charge in [-0.2, -0.15) is 0 Å². The van der Waals surface area contributed by atoms with Gasteiger partial charge in [-0.15, -0.1) is 0 Å². The molecule has 1 heterocycles. The van der Waals surface area contributed by atoms with Gasteiger partial charge in [0.1, 0.15) is 12.0 Å². The van der Waals surface area contributed by atoms with Gasteiger partial charge in [0.2, 0.25) is 0 Å². The summed E-state index contributed by atoms with van der Waals surface area (Å²) in [4.78, 5) is 28.2. The zero-order chi connectivity index (χ0) is 15.5. The van der Waals surface area contributed by atoms with E-state index in [4.69, 9.17) is 4.74 Å². The van der Waals surface area contributed by atoms with Crippen molar-refractivity contribution < 1.29 is 14.3 Å². The van der Waals surface area contributed by atoms with Crippen molar-refractivity contribution in [2.45, 2.75) is 44.8 Å². The van der Waals surface area contributed by atoms with Crippen molar-refractivity contribution in [2.75, 3.05) is 0 Å². The number of carbonyl (C=O) groups excluding carboxylic acids is 2. The number of nitrogens with zero attached hydrogens (tertiary/aromatic N) is 1. The van der Waals surface area contributed by atoms with E-state index in [0.717, 1.165) is 31.2 Å². The summed E-state index contributed by atoms with van der Waals surface area (Å²) >= 11 is 0. The minimum Gasteiger partial charge on any atom is -0.462 e. The van der Waals surface area contributed by atoms with Crippen molar-refractivity contribution >= 4 is 17.7 Å². The number of hydrogen-bond donors (Lipinski definition) is 1. The molecule has 0 aromatic heterocycles. The minimum absolute atomic E-state index is 0.00866. The maximum atomic E-state index is 12.6. The smallest absolute Gasteiger partial charge is 0.341 e. The topological polar surface area (TPSA) is 67.8 Å². The summed E-state index contributed by atoms with van der Waals surface area (Å²) in [6.07, 6.45) is 4.08. The van der Waals surface area contributed by atoms with Gasteiger partial charge in [-0.05, 0) is 38.2 Å². The number of aliphatic imine (C=N–C) groups is 1. The van der Waals surface area contributed by atoms with E-state index < -0.39 is 18.0 Å². The Labute approximate surface area is 129 Å². The lowest BCUT2D eigenvalue weighted by atomic mass is 9.88. The van der Waals surface area contributed by atoms with Gasteiger partial charge in [-0.1, -0.05) is 30.3 Å². The highest BCUT2D eigenvalue weighted by Gasteiger charge is 2.39. The van der Waals surface area contributed by atoms with Gasteiger partial charge in [-0.25, -0.2) is 9.79 Å². The maximum absolute atomic E-state index is 12.6. The highest BCUT2D eigenvalue weighted by molar-refractivity contribution is 6.08. The Hall–Kier alpha value is -2.17. The number of nitrogens with one attached hydrogen (secondary N) is 1. The molecule has 3 rings (SSSR count). The molecule has 1 saturated carbocycles. The van der Waals surface area contributed by atoms with Crippen LogP contribution in [-0.2, 0) is 9.53 Å². The molecular formula is C17H20N2O3. The average Bonchev–Trinajstić information content (AvgIpc) is 3.00. The summed E-state index contributed by atoms with van der Waals surface area (Å²) in [5, 5.41) is 2.79. The molecule has 1 aromatic rings. The van der Waals surface area contributed by atoms with E-state index in [9.17, 15) is 9.59 Å². The number of ether oxygens (including phenoxy) is 1. The largest absolute Gasteiger partial charge is 0.462 e. The highest BCUT2D eigenvalue weighted by Crippen LogP contribution is 2.30. The second-order valence-electron chi connectivity index (χ2n) is 5.91. The second kappa shape index (κ2) is 6.30. The summed E-state index contributed by atoms with van der Waals surface area (Å²) in [6.45, 7) is 1.72. The lowest BCUT2D eigenvalue weighted by molar-refractivity contribution is -0.152. The van der Waals surface area contributed by atoms with E-state index >= 15 is 0 Å². The summed E-state index contributed by atoms with van der Waals surface area (Å²) in [5.41, 5.74) is 1.40. The molecule has 0 radical (unpaired) electrons. The predicted octanol–water partition coefficient (Wildman–Crippen LogP) is 3.01.